The standard InChI is InChI=1S/C31H48N4O4S3/c1-23(32-31(37)28-21-40-22-35(28)42(38,39)27-14-8-9-15-27)30(36)33-41-29(25-12-6-3-7-13-25)26-16-18-34(19-17-26)20-24-10-4-2-5-11-24/h2,4-5,10-11,23,25-29H,3,6-9,12-22H2,1H3,(H,32,37)(H,33,36)/t23-,28+,29?/m1/s1. The van der Waals surface area contributed by atoms with Crippen LogP contribution in [-0.2, 0) is 26.2 Å². The Hall–Kier alpha value is -1.27. The molecule has 5 rings (SSSR count). The average Bonchev–Trinajstić information content (AvgIpc) is 3.73. The molecule has 0 radical (unpaired) electrons. The van der Waals surface area contributed by atoms with Crippen molar-refractivity contribution >= 4 is 45.5 Å². The van der Waals surface area contributed by atoms with Crippen molar-refractivity contribution in [3.05, 3.63) is 35.9 Å². The molecule has 2 aliphatic carbocycles. The van der Waals surface area contributed by atoms with Gasteiger partial charge in [-0.2, -0.15) is 4.31 Å². The van der Waals surface area contributed by atoms with E-state index in [1.807, 2.05) is 0 Å². The predicted molar refractivity (Wildman–Crippen MR) is 172 cm³/mol. The number of carbonyl (C=O) groups is 2. The van der Waals surface area contributed by atoms with Crippen molar-refractivity contribution in [1.29, 1.82) is 0 Å². The molecule has 1 unspecified atom stereocenters. The van der Waals surface area contributed by atoms with Crippen LogP contribution in [0.3, 0.4) is 0 Å². The summed E-state index contributed by atoms with van der Waals surface area (Å²) < 4.78 is 30.9. The largest absolute Gasteiger partial charge is 0.343 e. The Balaban J connectivity index is 1.14. The second kappa shape index (κ2) is 15.1. The van der Waals surface area contributed by atoms with E-state index in [9.17, 15) is 18.0 Å². The minimum atomic E-state index is -3.51. The van der Waals surface area contributed by atoms with Gasteiger partial charge < -0.3 is 5.32 Å². The van der Waals surface area contributed by atoms with Crippen LogP contribution in [0.1, 0.15) is 83.1 Å². The molecule has 4 aliphatic rings. The summed E-state index contributed by atoms with van der Waals surface area (Å²) in [6.45, 7) is 4.83. The molecule has 2 heterocycles. The molecule has 8 nitrogen and oxygen atoms in total. The maximum Gasteiger partial charge on any atom is 0.252 e. The summed E-state index contributed by atoms with van der Waals surface area (Å²) in [5.74, 6) is 1.30. The van der Waals surface area contributed by atoms with Crippen molar-refractivity contribution in [3.8, 4) is 0 Å². The topological polar surface area (TPSA) is 98.8 Å². The third-order valence-electron chi connectivity index (χ3n) is 9.70. The Morgan fingerprint density at radius 1 is 0.952 bits per heavy atom. The van der Waals surface area contributed by atoms with Crippen LogP contribution in [0.2, 0.25) is 0 Å². The van der Waals surface area contributed by atoms with Gasteiger partial charge >= 0.3 is 0 Å². The highest BCUT2D eigenvalue weighted by Gasteiger charge is 2.44. The van der Waals surface area contributed by atoms with Crippen LogP contribution in [0.5, 0.6) is 0 Å². The molecule has 234 valence electrons. The number of benzene rings is 1. The second-order valence-electron chi connectivity index (χ2n) is 12.6. The highest BCUT2D eigenvalue weighted by atomic mass is 32.2. The molecule has 2 saturated heterocycles. The summed E-state index contributed by atoms with van der Waals surface area (Å²) in [5, 5.41) is 2.82. The van der Waals surface area contributed by atoms with E-state index < -0.39 is 22.1 Å². The van der Waals surface area contributed by atoms with Gasteiger partial charge in [0, 0.05) is 17.5 Å². The normalized spacial score (nSPS) is 25.3. The third kappa shape index (κ3) is 8.06. The third-order valence-corrected chi connectivity index (χ3v) is 14.6. The van der Waals surface area contributed by atoms with Gasteiger partial charge in [0.05, 0.1) is 11.1 Å². The van der Waals surface area contributed by atoms with Gasteiger partial charge in [0.15, 0.2) is 0 Å². The fourth-order valence-electron chi connectivity index (χ4n) is 7.17. The first kappa shape index (κ1) is 32.1. The van der Waals surface area contributed by atoms with Crippen LogP contribution in [0.15, 0.2) is 30.3 Å². The van der Waals surface area contributed by atoms with Gasteiger partial charge in [-0.15, -0.1) is 11.8 Å². The fourth-order valence-corrected chi connectivity index (χ4v) is 12.3. The number of sulfonamides is 1. The summed E-state index contributed by atoms with van der Waals surface area (Å²) in [4.78, 5) is 29.0. The number of likely N-dealkylation sites (tertiary alicyclic amines) is 1. The molecule has 2 aliphatic heterocycles. The molecule has 0 aromatic heterocycles. The molecule has 0 spiro atoms. The van der Waals surface area contributed by atoms with Crippen LogP contribution >= 0.6 is 23.7 Å². The lowest BCUT2D eigenvalue weighted by Crippen LogP contribution is -2.53. The molecule has 11 heteroatoms. The number of nitrogens with zero attached hydrogens (tertiary/aromatic N) is 2. The Bertz CT molecular complexity index is 1130. The number of amides is 2. The van der Waals surface area contributed by atoms with Gasteiger partial charge in [-0.1, -0.05) is 62.4 Å². The SMILES string of the molecule is C[C@@H](NC(=O)[C@@H]1CSCN1S(=O)(=O)C1CCCC1)C(=O)NSC(C1CCCCC1)C1CCN(Cc2ccccc2)CC1. The van der Waals surface area contributed by atoms with E-state index in [1.54, 1.807) is 18.9 Å². The smallest absolute Gasteiger partial charge is 0.252 e. The van der Waals surface area contributed by atoms with Crippen molar-refractivity contribution in [2.24, 2.45) is 11.8 Å². The molecular weight excluding hydrogens is 589 g/mol. The second-order valence-corrected chi connectivity index (χ2v) is 16.8. The highest BCUT2D eigenvalue weighted by molar-refractivity contribution is 8.00. The number of hydrogen-bond acceptors (Lipinski definition) is 7. The average molecular weight is 637 g/mol. The summed E-state index contributed by atoms with van der Waals surface area (Å²) in [5.41, 5.74) is 1.35. The van der Waals surface area contributed by atoms with Crippen LogP contribution in [0.25, 0.3) is 0 Å². The maximum atomic E-state index is 13.2. The Morgan fingerprint density at radius 2 is 1.60 bits per heavy atom. The molecular formula is C31H48N4O4S3. The summed E-state index contributed by atoms with van der Waals surface area (Å²) in [6.07, 6.45) is 11.7. The first-order chi connectivity index (χ1) is 20.3. The number of nitrogens with one attached hydrogen (secondary N) is 2. The maximum absolute atomic E-state index is 13.2. The van der Waals surface area contributed by atoms with E-state index in [1.165, 1.54) is 53.7 Å². The minimum Gasteiger partial charge on any atom is -0.343 e. The molecule has 1 aromatic carbocycles. The van der Waals surface area contributed by atoms with E-state index in [0.717, 1.165) is 45.3 Å². The first-order valence-electron chi connectivity index (χ1n) is 15.9. The van der Waals surface area contributed by atoms with Crippen LogP contribution in [0, 0.1) is 11.8 Å². The van der Waals surface area contributed by atoms with E-state index in [0.29, 0.717) is 41.6 Å². The van der Waals surface area contributed by atoms with E-state index >= 15 is 0 Å². The molecule has 2 N–H and O–H groups in total. The summed E-state index contributed by atoms with van der Waals surface area (Å²) in [7, 11) is -3.51. The summed E-state index contributed by atoms with van der Waals surface area (Å²) in [6, 6.07) is 9.17. The van der Waals surface area contributed by atoms with Gasteiger partial charge in [-0.3, -0.25) is 19.2 Å². The van der Waals surface area contributed by atoms with Gasteiger partial charge in [0.1, 0.15) is 12.1 Å². The molecule has 42 heavy (non-hydrogen) atoms. The Labute approximate surface area is 261 Å². The van der Waals surface area contributed by atoms with E-state index in [2.05, 4.69) is 45.3 Å². The van der Waals surface area contributed by atoms with Crippen molar-refractivity contribution in [2.45, 2.75) is 107 Å². The van der Waals surface area contributed by atoms with Crippen molar-refractivity contribution in [2.75, 3.05) is 24.7 Å². The molecule has 2 saturated carbocycles. The molecule has 0 bridgehead atoms. The first-order valence-corrected chi connectivity index (χ1v) is 19.5. The van der Waals surface area contributed by atoms with Gasteiger partial charge in [0.2, 0.25) is 15.9 Å². The van der Waals surface area contributed by atoms with Gasteiger partial charge in [-0.05, 0) is 87.9 Å². The fraction of sp³-hybridized carbons (Fsp3) is 0.742. The monoisotopic (exact) mass is 636 g/mol. The zero-order valence-corrected chi connectivity index (χ0v) is 27.4. The zero-order chi connectivity index (χ0) is 29.5. The minimum absolute atomic E-state index is 0.216. The number of thioether (sulfide) groups is 1. The predicted octanol–water partition coefficient (Wildman–Crippen LogP) is 4.76. The van der Waals surface area contributed by atoms with Crippen molar-refractivity contribution < 1.29 is 18.0 Å². The van der Waals surface area contributed by atoms with Gasteiger partial charge in [-0.25, -0.2) is 8.42 Å². The lowest BCUT2D eigenvalue weighted by Gasteiger charge is -2.40. The quantitative estimate of drug-likeness (QED) is 0.338. The van der Waals surface area contributed by atoms with Crippen molar-refractivity contribution in [3.63, 3.8) is 0 Å². The lowest BCUT2D eigenvalue weighted by atomic mass is 9.79. The molecule has 4 fully saturated rings. The lowest BCUT2D eigenvalue weighted by molar-refractivity contribution is -0.129. The van der Waals surface area contributed by atoms with Crippen LogP contribution in [-0.4, -0.2) is 76.7 Å². The number of rotatable bonds is 11. The molecule has 3 atom stereocenters. The van der Waals surface area contributed by atoms with Gasteiger partial charge in [0.25, 0.3) is 5.91 Å². The van der Waals surface area contributed by atoms with Crippen molar-refractivity contribution in [1.82, 2.24) is 19.2 Å². The van der Waals surface area contributed by atoms with E-state index in [4.69, 9.17) is 0 Å². The van der Waals surface area contributed by atoms with E-state index in [-0.39, 0.29) is 17.1 Å². The molecule has 2 amide bonds. The van der Waals surface area contributed by atoms with Crippen LogP contribution in [0.4, 0.5) is 0 Å². The zero-order valence-electron chi connectivity index (χ0n) is 24.9. The summed E-state index contributed by atoms with van der Waals surface area (Å²) >= 11 is 3.04. The number of hydrogen-bond donors (Lipinski definition) is 2. The van der Waals surface area contributed by atoms with Crippen LogP contribution < -0.4 is 10.0 Å². The number of piperidine rings is 1. The number of carbonyl (C=O) groups excluding carboxylic acids is 2. The molecule has 1 aromatic rings. The highest BCUT2D eigenvalue weighted by Crippen LogP contribution is 2.39. The Morgan fingerprint density at radius 3 is 2.29 bits per heavy atom. The Kier molecular flexibility index (Phi) is 11.6.